The van der Waals surface area contributed by atoms with Crippen LogP contribution in [0.15, 0.2) is 4.60 Å². The lowest BCUT2D eigenvalue weighted by Gasteiger charge is -1.95. The van der Waals surface area contributed by atoms with Crippen molar-refractivity contribution in [1.29, 1.82) is 0 Å². The number of halogens is 2. The molecule has 5 heteroatoms. The largest absolute Gasteiger partial charge is 0.237 e. The van der Waals surface area contributed by atoms with E-state index in [0.717, 1.165) is 17.6 Å². The maximum Gasteiger partial charge on any atom is 0.185 e. The second-order valence-corrected chi connectivity index (χ2v) is 3.00. The van der Waals surface area contributed by atoms with E-state index >= 15 is 0 Å². The molecule has 0 aliphatic carbocycles. The van der Waals surface area contributed by atoms with Crippen LogP contribution in [0.5, 0.6) is 0 Å². The van der Waals surface area contributed by atoms with Crippen LogP contribution >= 0.6 is 27.5 Å². The van der Waals surface area contributed by atoms with Gasteiger partial charge in [-0.1, -0.05) is 23.7 Å². The smallest absolute Gasteiger partial charge is 0.185 e. The van der Waals surface area contributed by atoms with Crippen molar-refractivity contribution in [2.24, 2.45) is 0 Å². The molecule has 3 nitrogen and oxygen atoms in total. The van der Waals surface area contributed by atoms with Crippen LogP contribution in [0.2, 0.25) is 5.15 Å². The second kappa shape index (κ2) is 3.34. The highest BCUT2D eigenvalue weighted by Gasteiger charge is 2.04. The van der Waals surface area contributed by atoms with Gasteiger partial charge < -0.3 is 0 Å². The van der Waals surface area contributed by atoms with Gasteiger partial charge in [-0.25, -0.2) is 4.68 Å². The number of hydrogen-bond acceptors (Lipinski definition) is 2. The third-order valence-electron chi connectivity index (χ3n) is 1.07. The van der Waals surface area contributed by atoms with Crippen molar-refractivity contribution in [2.75, 3.05) is 0 Å². The normalized spacial score (nSPS) is 10.3. The molecule has 0 bridgehead atoms. The molecule has 1 aromatic heterocycles. The Hall–Kier alpha value is -0.0900. The molecule has 0 N–H and O–H groups in total. The lowest BCUT2D eigenvalue weighted by Crippen LogP contribution is -1.98. The lowest BCUT2D eigenvalue weighted by atomic mass is 10.5. The molecule has 0 atom stereocenters. The number of aromatic nitrogens is 3. The summed E-state index contributed by atoms with van der Waals surface area (Å²) in [6.07, 6.45) is 1.03. The maximum absolute atomic E-state index is 5.62. The molecule has 1 heterocycles. The van der Waals surface area contributed by atoms with Crippen LogP contribution in [-0.4, -0.2) is 15.0 Å². The summed E-state index contributed by atoms with van der Waals surface area (Å²) in [4.78, 5) is 0. The predicted octanol–water partition coefficient (Wildman–Crippen LogP) is 2.10. The SMILES string of the molecule is CCCn1nnc(Cl)c1Br. The molecular formula is C5H7BrClN3. The first-order chi connectivity index (χ1) is 4.75. The monoisotopic (exact) mass is 223 g/mol. The quantitative estimate of drug-likeness (QED) is 0.770. The standard InChI is InChI=1S/C5H7BrClN3/c1-2-3-10-4(6)5(7)8-9-10/h2-3H2,1H3. The highest BCUT2D eigenvalue weighted by molar-refractivity contribution is 9.10. The molecule has 0 aliphatic heterocycles. The Morgan fingerprint density at radius 1 is 1.70 bits per heavy atom. The fraction of sp³-hybridized carbons (Fsp3) is 0.600. The zero-order valence-corrected chi connectivity index (χ0v) is 7.85. The maximum atomic E-state index is 5.62. The van der Waals surface area contributed by atoms with Crippen molar-refractivity contribution in [2.45, 2.75) is 19.9 Å². The Morgan fingerprint density at radius 3 is 2.80 bits per heavy atom. The molecule has 0 unspecified atom stereocenters. The van der Waals surface area contributed by atoms with Crippen molar-refractivity contribution in [1.82, 2.24) is 15.0 Å². The van der Waals surface area contributed by atoms with Crippen LogP contribution in [0.25, 0.3) is 0 Å². The first kappa shape index (κ1) is 8.01. The van der Waals surface area contributed by atoms with Crippen molar-refractivity contribution >= 4 is 27.5 Å². The molecule has 0 aliphatic rings. The van der Waals surface area contributed by atoms with Gasteiger partial charge in [-0.05, 0) is 22.4 Å². The van der Waals surface area contributed by atoms with E-state index in [4.69, 9.17) is 11.6 Å². The van der Waals surface area contributed by atoms with E-state index in [1.165, 1.54) is 0 Å². The molecule has 56 valence electrons. The van der Waals surface area contributed by atoms with Crippen LogP contribution in [-0.2, 0) is 6.54 Å². The van der Waals surface area contributed by atoms with E-state index in [2.05, 4.69) is 33.2 Å². The predicted molar refractivity (Wildman–Crippen MR) is 43.0 cm³/mol. The molecule has 0 aromatic carbocycles. The average molecular weight is 224 g/mol. The minimum absolute atomic E-state index is 0.424. The molecule has 0 radical (unpaired) electrons. The molecule has 0 saturated carbocycles. The Balaban J connectivity index is 2.83. The molecule has 0 spiro atoms. The van der Waals surface area contributed by atoms with Gasteiger partial charge in [0.25, 0.3) is 0 Å². The van der Waals surface area contributed by atoms with Crippen LogP contribution < -0.4 is 0 Å². The van der Waals surface area contributed by atoms with Gasteiger partial charge in [-0.3, -0.25) is 0 Å². The van der Waals surface area contributed by atoms with Crippen LogP contribution in [0.4, 0.5) is 0 Å². The van der Waals surface area contributed by atoms with Crippen LogP contribution in [0.1, 0.15) is 13.3 Å². The van der Waals surface area contributed by atoms with Gasteiger partial charge in [-0.2, -0.15) is 0 Å². The number of aryl methyl sites for hydroxylation is 1. The molecule has 0 fully saturated rings. The lowest BCUT2D eigenvalue weighted by molar-refractivity contribution is 0.569. The fourth-order valence-electron chi connectivity index (χ4n) is 0.635. The average Bonchev–Trinajstić information content (AvgIpc) is 2.20. The number of rotatable bonds is 2. The van der Waals surface area contributed by atoms with Crippen LogP contribution in [0.3, 0.4) is 0 Å². The molecule has 1 aromatic rings. The Labute approximate surface area is 72.5 Å². The zero-order valence-electron chi connectivity index (χ0n) is 5.51. The van der Waals surface area contributed by atoms with Gasteiger partial charge in [0.05, 0.1) is 0 Å². The zero-order chi connectivity index (χ0) is 7.56. The van der Waals surface area contributed by atoms with Gasteiger partial charge in [0.15, 0.2) is 5.15 Å². The third kappa shape index (κ3) is 1.49. The Kier molecular flexibility index (Phi) is 2.68. The summed E-state index contributed by atoms with van der Waals surface area (Å²) in [6, 6.07) is 0. The first-order valence-corrected chi connectivity index (χ1v) is 4.17. The van der Waals surface area contributed by atoms with Gasteiger partial charge in [0.2, 0.25) is 0 Å². The van der Waals surface area contributed by atoms with Gasteiger partial charge in [0, 0.05) is 6.54 Å². The van der Waals surface area contributed by atoms with Crippen LogP contribution in [0, 0.1) is 0 Å². The van der Waals surface area contributed by atoms with E-state index in [1.807, 2.05) is 0 Å². The third-order valence-corrected chi connectivity index (χ3v) is 2.34. The van der Waals surface area contributed by atoms with Gasteiger partial charge >= 0.3 is 0 Å². The van der Waals surface area contributed by atoms with E-state index in [1.54, 1.807) is 4.68 Å². The van der Waals surface area contributed by atoms with Gasteiger partial charge in [-0.15, -0.1) is 5.10 Å². The first-order valence-electron chi connectivity index (χ1n) is 3.00. The summed E-state index contributed by atoms with van der Waals surface area (Å²) in [5, 5.41) is 7.88. The molecule has 10 heavy (non-hydrogen) atoms. The van der Waals surface area contributed by atoms with Crippen molar-refractivity contribution in [3.05, 3.63) is 9.76 Å². The molecule has 1 rings (SSSR count). The molecule has 0 saturated heterocycles. The van der Waals surface area contributed by atoms with Gasteiger partial charge in [0.1, 0.15) is 4.60 Å². The van der Waals surface area contributed by atoms with E-state index < -0.39 is 0 Å². The van der Waals surface area contributed by atoms with Crippen molar-refractivity contribution < 1.29 is 0 Å². The highest BCUT2D eigenvalue weighted by Crippen LogP contribution is 2.18. The summed E-state index contributed by atoms with van der Waals surface area (Å²) in [5.74, 6) is 0. The van der Waals surface area contributed by atoms with E-state index in [9.17, 15) is 0 Å². The minimum atomic E-state index is 0.424. The minimum Gasteiger partial charge on any atom is -0.237 e. The van der Waals surface area contributed by atoms with Crippen molar-refractivity contribution in [3.63, 3.8) is 0 Å². The Bertz CT molecular complexity index is 223. The fourth-order valence-corrected chi connectivity index (χ4v) is 1.09. The van der Waals surface area contributed by atoms with E-state index in [0.29, 0.717) is 5.15 Å². The van der Waals surface area contributed by atoms with E-state index in [-0.39, 0.29) is 0 Å². The molecule has 0 amide bonds. The summed E-state index contributed by atoms with van der Waals surface area (Å²) >= 11 is 8.88. The summed E-state index contributed by atoms with van der Waals surface area (Å²) in [6.45, 7) is 2.92. The Morgan fingerprint density at radius 2 is 2.40 bits per heavy atom. The van der Waals surface area contributed by atoms with Crippen molar-refractivity contribution in [3.8, 4) is 0 Å². The topological polar surface area (TPSA) is 30.7 Å². The second-order valence-electron chi connectivity index (χ2n) is 1.89. The number of nitrogens with zero attached hydrogens (tertiary/aromatic N) is 3. The summed E-state index contributed by atoms with van der Waals surface area (Å²) in [5.41, 5.74) is 0. The summed E-state index contributed by atoms with van der Waals surface area (Å²) in [7, 11) is 0. The number of hydrogen-bond donors (Lipinski definition) is 0. The highest BCUT2D eigenvalue weighted by atomic mass is 79.9. The molecular weight excluding hydrogens is 217 g/mol. The summed E-state index contributed by atoms with van der Waals surface area (Å²) < 4.78 is 2.48.